The van der Waals surface area contributed by atoms with E-state index in [4.69, 9.17) is 9.15 Å². The largest absolute Gasteiger partial charge is 0.457 e. The lowest BCUT2D eigenvalue weighted by Gasteiger charge is -2.02. The van der Waals surface area contributed by atoms with Crippen LogP contribution in [0.5, 0.6) is 5.75 Å². The molecule has 0 unspecified atom stereocenters. The minimum absolute atomic E-state index is 0.160. The zero-order chi connectivity index (χ0) is 14.5. The highest BCUT2D eigenvalue weighted by atomic mass is 16.5. The lowest BCUT2D eigenvalue weighted by atomic mass is 10.2. The van der Waals surface area contributed by atoms with Gasteiger partial charge in [0.25, 0.3) is 0 Å². The molecule has 0 amide bonds. The molecule has 1 aromatic carbocycles. The van der Waals surface area contributed by atoms with Crippen molar-refractivity contribution in [1.82, 2.24) is 14.9 Å². The predicted molar refractivity (Wildman–Crippen MR) is 73.1 cm³/mol. The van der Waals surface area contributed by atoms with Crippen LogP contribution in [0.15, 0.2) is 64.8 Å². The first-order valence-electron chi connectivity index (χ1n) is 6.06. The molecule has 0 aliphatic heterocycles. The highest BCUT2D eigenvalue weighted by Crippen LogP contribution is 2.13. The number of carbonyl (C=O) groups excluding carboxylic acids is 1. The molecule has 3 aromatic rings. The summed E-state index contributed by atoms with van der Waals surface area (Å²) in [5.41, 5.74) is 0.849. The molecule has 7 nitrogen and oxygen atoms in total. The number of nitrogens with zero attached hydrogens (tertiary/aromatic N) is 4. The summed E-state index contributed by atoms with van der Waals surface area (Å²) < 4.78 is 11.6. The van der Waals surface area contributed by atoms with Gasteiger partial charge in [0.1, 0.15) is 18.4 Å². The van der Waals surface area contributed by atoms with E-state index < -0.39 is 5.97 Å². The van der Waals surface area contributed by atoms with Crippen LogP contribution in [0.25, 0.3) is 0 Å². The number of esters is 1. The van der Waals surface area contributed by atoms with Gasteiger partial charge < -0.3 is 9.15 Å². The van der Waals surface area contributed by atoms with Crippen LogP contribution in [0.4, 0.5) is 0 Å². The van der Waals surface area contributed by atoms with Crippen molar-refractivity contribution < 1.29 is 13.9 Å². The van der Waals surface area contributed by atoms with Gasteiger partial charge in [-0.3, -0.25) is 0 Å². The van der Waals surface area contributed by atoms with Gasteiger partial charge in [0.2, 0.25) is 5.76 Å². The zero-order valence-corrected chi connectivity index (χ0v) is 10.8. The SMILES string of the molecule is O=C(Oc1ccc(/C=N\n2cnnc2)cc1)c1ccco1. The van der Waals surface area contributed by atoms with E-state index in [-0.39, 0.29) is 5.76 Å². The molecule has 2 aromatic heterocycles. The zero-order valence-electron chi connectivity index (χ0n) is 10.8. The molecule has 7 heteroatoms. The van der Waals surface area contributed by atoms with Crippen LogP contribution in [-0.4, -0.2) is 27.1 Å². The van der Waals surface area contributed by atoms with Crippen LogP contribution in [0.3, 0.4) is 0 Å². The number of hydrogen-bond donors (Lipinski definition) is 0. The fraction of sp³-hybridized carbons (Fsp3) is 0. The molecular weight excluding hydrogens is 272 g/mol. The van der Waals surface area contributed by atoms with E-state index in [1.807, 2.05) is 0 Å². The maximum absolute atomic E-state index is 11.7. The molecule has 0 saturated carbocycles. The molecule has 0 fully saturated rings. The Hall–Kier alpha value is -3.22. The Bertz CT molecular complexity index is 731. The van der Waals surface area contributed by atoms with E-state index in [0.29, 0.717) is 5.75 Å². The number of rotatable bonds is 4. The lowest BCUT2D eigenvalue weighted by molar-refractivity contribution is 0.0701. The molecule has 0 aliphatic carbocycles. The van der Waals surface area contributed by atoms with Crippen LogP contribution in [0, 0.1) is 0 Å². The molecule has 0 atom stereocenters. The first-order chi connectivity index (χ1) is 10.3. The van der Waals surface area contributed by atoms with Crippen molar-refractivity contribution in [3.63, 3.8) is 0 Å². The van der Waals surface area contributed by atoms with Crippen LogP contribution in [-0.2, 0) is 0 Å². The van der Waals surface area contributed by atoms with Crippen molar-refractivity contribution in [2.24, 2.45) is 5.10 Å². The molecule has 0 N–H and O–H groups in total. The number of ether oxygens (including phenoxy) is 1. The van der Waals surface area contributed by atoms with E-state index in [1.165, 1.54) is 23.6 Å². The van der Waals surface area contributed by atoms with E-state index in [0.717, 1.165) is 5.56 Å². The van der Waals surface area contributed by atoms with Crippen molar-refractivity contribution >= 4 is 12.2 Å². The smallest absolute Gasteiger partial charge is 0.379 e. The number of aromatic nitrogens is 3. The van der Waals surface area contributed by atoms with Crippen LogP contribution in [0.1, 0.15) is 16.1 Å². The Morgan fingerprint density at radius 1 is 1.19 bits per heavy atom. The second-order valence-corrected chi connectivity index (χ2v) is 4.02. The highest BCUT2D eigenvalue weighted by molar-refractivity contribution is 5.88. The molecule has 0 bridgehead atoms. The van der Waals surface area contributed by atoms with Crippen LogP contribution < -0.4 is 4.74 Å². The van der Waals surface area contributed by atoms with Crippen molar-refractivity contribution in [3.8, 4) is 5.75 Å². The van der Waals surface area contributed by atoms with E-state index >= 15 is 0 Å². The van der Waals surface area contributed by atoms with Crippen molar-refractivity contribution in [2.45, 2.75) is 0 Å². The summed E-state index contributed by atoms with van der Waals surface area (Å²) in [6, 6.07) is 10.1. The van der Waals surface area contributed by atoms with E-state index in [1.54, 1.807) is 42.6 Å². The Kier molecular flexibility index (Phi) is 3.55. The molecule has 0 aliphatic rings. The maximum Gasteiger partial charge on any atom is 0.379 e. The van der Waals surface area contributed by atoms with Gasteiger partial charge in [-0.2, -0.15) is 5.10 Å². The van der Waals surface area contributed by atoms with Gasteiger partial charge in [0.15, 0.2) is 0 Å². The quantitative estimate of drug-likeness (QED) is 0.415. The van der Waals surface area contributed by atoms with E-state index in [2.05, 4.69) is 15.3 Å². The summed E-state index contributed by atoms with van der Waals surface area (Å²) >= 11 is 0. The topological polar surface area (TPSA) is 82.5 Å². The van der Waals surface area contributed by atoms with Crippen molar-refractivity contribution in [1.29, 1.82) is 0 Å². The summed E-state index contributed by atoms with van der Waals surface area (Å²) in [4.78, 5) is 11.7. The third-order valence-electron chi connectivity index (χ3n) is 2.56. The predicted octanol–water partition coefficient (Wildman–Crippen LogP) is 1.97. The minimum Gasteiger partial charge on any atom is -0.457 e. The average molecular weight is 282 g/mol. The first kappa shape index (κ1) is 12.8. The molecule has 21 heavy (non-hydrogen) atoms. The summed E-state index contributed by atoms with van der Waals surface area (Å²) in [5.74, 6) is 0.0528. The number of hydrogen-bond acceptors (Lipinski definition) is 6. The van der Waals surface area contributed by atoms with Crippen molar-refractivity contribution in [2.75, 3.05) is 0 Å². The molecular formula is C14H10N4O3. The molecule has 0 radical (unpaired) electrons. The summed E-state index contributed by atoms with van der Waals surface area (Å²) in [6.45, 7) is 0. The number of carbonyl (C=O) groups is 1. The number of furan rings is 1. The van der Waals surface area contributed by atoms with Gasteiger partial charge in [-0.05, 0) is 42.0 Å². The molecule has 104 valence electrons. The second-order valence-electron chi connectivity index (χ2n) is 4.02. The molecule has 3 rings (SSSR count). The van der Waals surface area contributed by atoms with Gasteiger partial charge in [-0.15, -0.1) is 10.2 Å². The van der Waals surface area contributed by atoms with Crippen LogP contribution in [0.2, 0.25) is 0 Å². The Morgan fingerprint density at radius 2 is 1.95 bits per heavy atom. The first-order valence-corrected chi connectivity index (χ1v) is 6.06. The lowest BCUT2D eigenvalue weighted by Crippen LogP contribution is -2.06. The standard InChI is InChI=1S/C14H10N4O3/c19-14(13-2-1-7-20-13)21-12-5-3-11(4-6-12)8-17-18-9-15-16-10-18/h1-10H/b17-8-. The normalized spacial score (nSPS) is 10.9. The van der Waals surface area contributed by atoms with Gasteiger partial charge in [0, 0.05) is 0 Å². The Labute approximate surface area is 119 Å². The molecule has 2 heterocycles. The Morgan fingerprint density at radius 3 is 2.62 bits per heavy atom. The third kappa shape index (κ3) is 3.21. The van der Waals surface area contributed by atoms with Gasteiger partial charge in [-0.1, -0.05) is 0 Å². The van der Waals surface area contributed by atoms with Crippen molar-refractivity contribution in [3.05, 3.63) is 66.6 Å². The average Bonchev–Trinajstić information content (AvgIpc) is 3.20. The molecule has 0 saturated heterocycles. The van der Waals surface area contributed by atoms with Gasteiger partial charge in [-0.25, -0.2) is 9.47 Å². The highest BCUT2D eigenvalue weighted by Gasteiger charge is 2.10. The van der Waals surface area contributed by atoms with Crippen LogP contribution >= 0.6 is 0 Å². The van der Waals surface area contributed by atoms with E-state index in [9.17, 15) is 4.79 Å². The third-order valence-corrected chi connectivity index (χ3v) is 2.56. The summed E-state index contributed by atoms with van der Waals surface area (Å²) in [7, 11) is 0. The monoisotopic (exact) mass is 282 g/mol. The fourth-order valence-corrected chi connectivity index (χ4v) is 1.56. The summed E-state index contributed by atoms with van der Waals surface area (Å²) in [6.07, 6.45) is 6.02. The Balaban J connectivity index is 1.65. The second kappa shape index (κ2) is 5.83. The summed E-state index contributed by atoms with van der Waals surface area (Å²) in [5, 5.41) is 11.4. The minimum atomic E-state index is -0.536. The fourth-order valence-electron chi connectivity index (χ4n) is 1.56. The molecule has 0 spiro atoms. The van der Waals surface area contributed by atoms with Gasteiger partial charge >= 0.3 is 5.97 Å². The number of benzene rings is 1. The maximum atomic E-state index is 11.7. The van der Waals surface area contributed by atoms with Gasteiger partial charge in [0.05, 0.1) is 12.5 Å².